The van der Waals surface area contributed by atoms with E-state index in [2.05, 4.69) is 15.9 Å². The summed E-state index contributed by atoms with van der Waals surface area (Å²) < 4.78 is 13.6. The van der Waals surface area contributed by atoms with Gasteiger partial charge < -0.3 is 5.11 Å². The molecule has 1 aromatic carbocycles. The Morgan fingerprint density at radius 3 is 2.80 bits per heavy atom. The van der Waals surface area contributed by atoms with Gasteiger partial charge in [0.15, 0.2) is 0 Å². The van der Waals surface area contributed by atoms with E-state index in [1.165, 1.54) is 6.07 Å². The third-order valence-electron chi connectivity index (χ3n) is 2.09. The fraction of sp³-hybridized carbons (Fsp3) is 0.364. The maximum atomic E-state index is 13.1. The van der Waals surface area contributed by atoms with Crippen molar-refractivity contribution in [3.05, 3.63) is 34.1 Å². The second-order valence-corrected chi connectivity index (χ2v) is 4.51. The summed E-state index contributed by atoms with van der Waals surface area (Å²) >= 11 is 3.07. The van der Waals surface area contributed by atoms with E-state index in [-0.39, 0.29) is 18.2 Å². The highest BCUT2D eigenvalue weighted by Crippen LogP contribution is 2.19. The zero-order chi connectivity index (χ0) is 11.4. The van der Waals surface area contributed by atoms with Gasteiger partial charge in [-0.2, -0.15) is 0 Å². The molecule has 0 bridgehead atoms. The Morgan fingerprint density at radius 1 is 1.60 bits per heavy atom. The number of aliphatic carboxylic acids is 1. The number of carboxylic acid groups (broad SMARTS) is 1. The lowest BCUT2D eigenvalue weighted by atomic mass is 9.98. The average Bonchev–Trinajstić information content (AvgIpc) is 2.10. The summed E-state index contributed by atoms with van der Waals surface area (Å²) in [4.78, 5) is 10.4. The van der Waals surface area contributed by atoms with Crippen LogP contribution in [0, 0.1) is 11.7 Å². The summed E-state index contributed by atoms with van der Waals surface area (Å²) in [6.07, 6.45) is 0.689. The quantitative estimate of drug-likeness (QED) is 0.915. The van der Waals surface area contributed by atoms with Crippen LogP contribution in [0.15, 0.2) is 22.7 Å². The van der Waals surface area contributed by atoms with E-state index in [0.717, 1.165) is 5.56 Å². The van der Waals surface area contributed by atoms with Crippen LogP contribution >= 0.6 is 15.9 Å². The fourth-order valence-electron chi connectivity index (χ4n) is 1.44. The summed E-state index contributed by atoms with van der Waals surface area (Å²) in [6, 6.07) is 4.87. The van der Waals surface area contributed by atoms with Crippen molar-refractivity contribution in [2.75, 3.05) is 0 Å². The van der Waals surface area contributed by atoms with Gasteiger partial charge >= 0.3 is 5.97 Å². The molecule has 0 aromatic heterocycles. The minimum atomic E-state index is -0.819. The van der Waals surface area contributed by atoms with Gasteiger partial charge in [0.2, 0.25) is 0 Å². The van der Waals surface area contributed by atoms with Gasteiger partial charge in [-0.1, -0.05) is 13.0 Å². The molecule has 0 saturated carbocycles. The minimum absolute atomic E-state index is 0.0167. The van der Waals surface area contributed by atoms with Gasteiger partial charge in [-0.25, -0.2) is 4.39 Å². The Morgan fingerprint density at radius 2 is 2.27 bits per heavy atom. The highest BCUT2D eigenvalue weighted by atomic mass is 79.9. The van der Waals surface area contributed by atoms with Crippen molar-refractivity contribution in [1.82, 2.24) is 0 Å². The number of benzene rings is 1. The molecule has 1 atom stereocenters. The van der Waals surface area contributed by atoms with E-state index < -0.39 is 5.97 Å². The third-order valence-corrected chi connectivity index (χ3v) is 2.73. The largest absolute Gasteiger partial charge is 0.481 e. The van der Waals surface area contributed by atoms with Crippen LogP contribution in [0.2, 0.25) is 0 Å². The maximum absolute atomic E-state index is 13.1. The molecule has 0 heterocycles. The monoisotopic (exact) mass is 274 g/mol. The topological polar surface area (TPSA) is 37.3 Å². The van der Waals surface area contributed by atoms with E-state index in [1.807, 2.05) is 6.92 Å². The van der Waals surface area contributed by atoms with E-state index in [4.69, 9.17) is 5.11 Å². The van der Waals surface area contributed by atoms with Gasteiger partial charge in [-0.05, 0) is 46.0 Å². The molecular weight excluding hydrogens is 263 g/mol. The van der Waals surface area contributed by atoms with Crippen molar-refractivity contribution in [1.29, 1.82) is 0 Å². The molecule has 0 radical (unpaired) electrons. The molecule has 1 rings (SSSR count). The standard InChI is InChI=1S/C11H12BrFO2/c1-7(5-11(14)15)4-8-2-3-9(12)10(13)6-8/h2-3,6-7H,4-5H2,1H3,(H,14,15). The zero-order valence-electron chi connectivity index (χ0n) is 8.34. The lowest BCUT2D eigenvalue weighted by Gasteiger charge is -2.08. The molecule has 4 heteroatoms. The van der Waals surface area contributed by atoms with E-state index in [1.54, 1.807) is 12.1 Å². The molecule has 1 N–H and O–H groups in total. The number of hydrogen-bond acceptors (Lipinski definition) is 1. The summed E-state index contributed by atoms with van der Waals surface area (Å²) in [5.74, 6) is -1.11. The zero-order valence-corrected chi connectivity index (χ0v) is 9.92. The Bertz CT molecular complexity index is 366. The van der Waals surface area contributed by atoms with Crippen molar-refractivity contribution in [3.8, 4) is 0 Å². The van der Waals surface area contributed by atoms with Gasteiger partial charge in [0.05, 0.1) is 4.47 Å². The van der Waals surface area contributed by atoms with Crippen molar-refractivity contribution in [2.24, 2.45) is 5.92 Å². The van der Waals surface area contributed by atoms with Crippen molar-refractivity contribution in [2.45, 2.75) is 19.8 Å². The normalized spacial score (nSPS) is 12.5. The van der Waals surface area contributed by atoms with Crippen molar-refractivity contribution < 1.29 is 14.3 Å². The smallest absolute Gasteiger partial charge is 0.303 e. The van der Waals surface area contributed by atoms with Crippen LogP contribution in [0.3, 0.4) is 0 Å². The van der Waals surface area contributed by atoms with Crippen molar-refractivity contribution in [3.63, 3.8) is 0 Å². The number of rotatable bonds is 4. The summed E-state index contributed by atoms with van der Waals surface area (Å²) in [7, 11) is 0. The number of carbonyl (C=O) groups is 1. The Hall–Kier alpha value is -0.900. The van der Waals surface area contributed by atoms with Crippen LogP contribution in [-0.4, -0.2) is 11.1 Å². The fourth-order valence-corrected chi connectivity index (χ4v) is 1.69. The molecule has 2 nitrogen and oxygen atoms in total. The molecule has 0 spiro atoms. The van der Waals surface area contributed by atoms with Crippen LogP contribution in [-0.2, 0) is 11.2 Å². The van der Waals surface area contributed by atoms with Crippen LogP contribution in [0.4, 0.5) is 4.39 Å². The molecule has 0 amide bonds. The number of carboxylic acids is 1. The van der Waals surface area contributed by atoms with Gasteiger partial charge in [0.25, 0.3) is 0 Å². The molecular formula is C11H12BrFO2. The van der Waals surface area contributed by atoms with Crippen LogP contribution in [0.1, 0.15) is 18.9 Å². The predicted octanol–water partition coefficient (Wildman–Crippen LogP) is 3.24. The Kier molecular flexibility index (Phi) is 4.27. The average molecular weight is 275 g/mol. The molecule has 15 heavy (non-hydrogen) atoms. The molecule has 0 aliphatic carbocycles. The van der Waals surface area contributed by atoms with Crippen LogP contribution in [0.25, 0.3) is 0 Å². The second-order valence-electron chi connectivity index (χ2n) is 3.66. The number of hydrogen-bond donors (Lipinski definition) is 1. The lowest BCUT2D eigenvalue weighted by molar-refractivity contribution is -0.137. The first-order chi connectivity index (χ1) is 6.99. The highest BCUT2D eigenvalue weighted by molar-refractivity contribution is 9.10. The highest BCUT2D eigenvalue weighted by Gasteiger charge is 2.09. The molecule has 0 saturated heterocycles. The van der Waals surface area contributed by atoms with E-state index in [0.29, 0.717) is 10.9 Å². The molecule has 0 fully saturated rings. The Labute approximate surface area is 96.2 Å². The SMILES string of the molecule is CC(CC(=O)O)Cc1ccc(Br)c(F)c1. The predicted molar refractivity (Wildman–Crippen MR) is 59.2 cm³/mol. The first-order valence-electron chi connectivity index (χ1n) is 4.64. The molecule has 0 aliphatic rings. The minimum Gasteiger partial charge on any atom is -0.481 e. The van der Waals surface area contributed by atoms with E-state index >= 15 is 0 Å². The molecule has 0 aliphatic heterocycles. The maximum Gasteiger partial charge on any atom is 0.303 e. The van der Waals surface area contributed by atoms with Gasteiger partial charge in [-0.3, -0.25) is 4.79 Å². The van der Waals surface area contributed by atoms with Crippen LogP contribution < -0.4 is 0 Å². The van der Waals surface area contributed by atoms with E-state index in [9.17, 15) is 9.18 Å². The lowest BCUT2D eigenvalue weighted by Crippen LogP contribution is -2.07. The summed E-state index contributed by atoms with van der Waals surface area (Å²) in [5, 5.41) is 8.58. The summed E-state index contributed by atoms with van der Waals surface area (Å²) in [6.45, 7) is 1.84. The van der Waals surface area contributed by atoms with Gasteiger partial charge in [0.1, 0.15) is 5.82 Å². The Balaban J connectivity index is 2.64. The van der Waals surface area contributed by atoms with Gasteiger partial charge in [0, 0.05) is 6.42 Å². The summed E-state index contributed by atoms with van der Waals surface area (Å²) in [5.41, 5.74) is 0.824. The van der Waals surface area contributed by atoms with Crippen LogP contribution in [0.5, 0.6) is 0 Å². The number of halogens is 2. The first kappa shape index (κ1) is 12.2. The first-order valence-corrected chi connectivity index (χ1v) is 5.44. The molecule has 1 aromatic rings. The van der Waals surface area contributed by atoms with Gasteiger partial charge in [-0.15, -0.1) is 0 Å². The van der Waals surface area contributed by atoms with Crippen molar-refractivity contribution >= 4 is 21.9 Å². The third kappa shape index (κ3) is 4.00. The molecule has 1 unspecified atom stereocenters. The second kappa shape index (κ2) is 5.26. The molecule has 82 valence electrons.